The Hall–Kier alpha value is -1.23. The minimum atomic E-state index is -0.333. The molecule has 2 atom stereocenters. The fraction of sp³-hybridized carbons (Fsp3) is 0.625. The van der Waals surface area contributed by atoms with Crippen LogP contribution in [0.4, 0.5) is 0 Å². The summed E-state index contributed by atoms with van der Waals surface area (Å²) >= 11 is 1.86. The first-order valence-electron chi connectivity index (χ1n) is 7.42. The lowest BCUT2D eigenvalue weighted by Crippen LogP contribution is -2.29. The number of aryl methyl sites for hydroxylation is 1. The van der Waals surface area contributed by atoms with Crippen molar-refractivity contribution in [1.82, 2.24) is 4.57 Å². The highest BCUT2D eigenvalue weighted by Crippen LogP contribution is 2.36. The molecule has 1 aliphatic carbocycles. The van der Waals surface area contributed by atoms with E-state index in [1.807, 2.05) is 18.7 Å². The van der Waals surface area contributed by atoms with Gasteiger partial charge in [0, 0.05) is 23.1 Å². The van der Waals surface area contributed by atoms with E-state index in [1.165, 1.54) is 0 Å². The highest BCUT2D eigenvalue weighted by molar-refractivity contribution is 7.99. The number of carbonyl (C=O) groups excluding carboxylic acids is 1. The van der Waals surface area contributed by atoms with Crippen LogP contribution in [0.2, 0.25) is 0 Å². The van der Waals surface area contributed by atoms with Crippen molar-refractivity contribution in [2.24, 2.45) is 0 Å². The molecule has 1 aromatic heterocycles. The van der Waals surface area contributed by atoms with Crippen LogP contribution < -0.4 is 5.56 Å². The minimum absolute atomic E-state index is 0.00944. The maximum absolute atomic E-state index is 12.4. The first-order chi connectivity index (χ1) is 9.99. The zero-order valence-electron chi connectivity index (χ0n) is 13.1. The molecule has 1 saturated carbocycles. The highest BCUT2D eigenvalue weighted by Gasteiger charge is 2.28. The maximum atomic E-state index is 12.4. The van der Waals surface area contributed by atoms with E-state index in [0.717, 1.165) is 25.0 Å². The Labute approximate surface area is 129 Å². The Morgan fingerprint density at radius 3 is 2.71 bits per heavy atom. The highest BCUT2D eigenvalue weighted by atomic mass is 32.2. The van der Waals surface area contributed by atoms with Crippen molar-refractivity contribution in [2.45, 2.75) is 51.3 Å². The first-order valence-corrected chi connectivity index (χ1v) is 8.71. The smallest absolute Gasteiger partial charge is 0.340 e. The van der Waals surface area contributed by atoms with Crippen molar-refractivity contribution in [3.63, 3.8) is 0 Å². The lowest BCUT2D eigenvalue weighted by molar-refractivity contribution is 0.0523. The summed E-state index contributed by atoms with van der Waals surface area (Å²) in [6, 6.07) is 1.76. The van der Waals surface area contributed by atoms with Crippen LogP contribution in [0.3, 0.4) is 0 Å². The van der Waals surface area contributed by atoms with Gasteiger partial charge in [0.2, 0.25) is 0 Å². The van der Waals surface area contributed by atoms with E-state index in [0.29, 0.717) is 23.0 Å². The molecule has 0 radical (unpaired) electrons. The van der Waals surface area contributed by atoms with Gasteiger partial charge in [0.25, 0.3) is 5.56 Å². The summed E-state index contributed by atoms with van der Waals surface area (Å²) in [5, 5.41) is 0.605. The molecule has 116 valence electrons. The fourth-order valence-electron chi connectivity index (χ4n) is 3.23. The second-order valence-electron chi connectivity index (χ2n) is 5.54. The molecule has 21 heavy (non-hydrogen) atoms. The fourth-order valence-corrected chi connectivity index (χ4v) is 4.02. The van der Waals surface area contributed by atoms with Gasteiger partial charge in [-0.15, -0.1) is 0 Å². The van der Waals surface area contributed by atoms with E-state index in [4.69, 9.17) is 4.74 Å². The number of ether oxygens (including phenoxy) is 1. The van der Waals surface area contributed by atoms with Gasteiger partial charge < -0.3 is 9.30 Å². The maximum Gasteiger partial charge on any atom is 0.340 e. The van der Waals surface area contributed by atoms with Crippen LogP contribution in [0.1, 0.15) is 53.8 Å². The molecule has 2 unspecified atom stereocenters. The van der Waals surface area contributed by atoms with Gasteiger partial charge in [0.05, 0.1) is 12.2 Å². The number of rotatable bonds is 4. The predicted octanol–water partition coefficient (Wildman–Crippen LogP) is 3.10. The summed E-state index contributed by atoms with van der Waals surface area (Å²) < 4.78 is 6.93. The standard InChI is InChI=1S/C16H23NO3S/c1-5-20-16(19)15-10(2)8-14(18)17(11(15)3)12-6-7-13(9-12)21-4/h8,12-13H,5-7,9H2,1-4H3. The van der Waals surface area contributed by atoms with Crippen molar-refractivity contribution in [2.75, 3.05) is 12.9 Å². The molecular weight excluding hydrogens is 286 g/mol. The molecule has 1 heterocycles. The molecule has 0 aliphatic heterocycles. The van der Waals surface area contributed by atoms with Gasteiger partial charge in [0.1, 0.15) is 0 Å². The zero-order chi connectivity index (χ0) is 15.6. The number of pyridine rings is 1. The van der Waals surface area contributed by atoms with E-state index < -0.39 is 0 Å². The number of thioether (sulfide) groups is 1. The van der Waals surface area contributed by atoms with Crippen molar-refractivity contribution < 1.29 is 9.53 Å². The second kappa shape index (κ2) is 6.69. The van der Waals surface area contributed by atoms with Crippen LogP contribution in [0.25, 0.3) is 0 Å². The summed E-state index contributed by atoms with van der Waals surface area (Å²) in [6.07, 6.45) is 5.23. The van der Waals surface area contributed by atoms with Gasteiger partial charge in [0.15, 0.2) is 0 Å². The van der Waals surface area contributed by atoms with Crippen molar-refractivity contribution in [1.29, 1.82) is 0 Å². The molecule has 1 aromatic rings. The van der Waals surface area contributed by atoms with Gasteiger partial charge in [-0.25, -0.2) is 4.79 Å². The van der Waals surface area contributed by atoms with Gasteiger partial charge >= 0.3 is 5.97 Å². The van der Waals surface area contributed by atoms with Gasteiger partial charge in [-0.05, 0) is 51.9 Å². The topological polar surface area (TPSA) is 48.3 Å². The average molecular weight is 309 g/mol. The van der Waals surface area contributed by atoms with Crippen LogP contribution in [-0.4, -0.2) is 28.6 Å². The molecule has 0 aromatic carbocycles. The van der Waals surface area contributed by atoms with E-state index in [2.05, 4.69) is 6.26 Å². The quantitative estimate of drug-likeness (QED) is 0.802. The third-order valence-corrected chi connectivity index (χ3v) is 5.32. The van der Waals surface area contributed by atoms with E-state index in [1.54, 1.807) is 24.5 Å². The predicted molar refractivity (Wildman–Crippen MR) is 86.3 cm³/mol. The third-order valence-electron chi connectivity index (χ3n) is 4.23. The molecule has 0 amide bonds. The number of aromatic nitrogens is 1. The Morgan fingerprint density at radius 1 is 1.43 bits per heavy atom. The molecule has 5 heteroatoms. The van der Waals surface area contributed by atoms with E-state index in [9.17, 15) is 9.59 Å². The number of hydrogen-bond acceptors (Lipinski definition) is 4. The summed E-state index contributed by atoms with van der Waals surface area (Å²) in [4.78, 5) is 24.5. The Kier molecular flexibility index (Phi) is 5.14. The zero-order valence-corrected chi connectivity index (χ0v) is 14.0. The van der Waals surface area contributed by atoms with E-state index in [-0.39, 0.29) is 17.6 Å². The lowest BCUT2D eigenvalue weighted by Gasteiger charge is -2.20. The molecule has 1 aliphatic rings. The molecule has 1 fully saturated rings. The summed E-state index contributed by atoms with van der Waals surface area (Å²) in [7, 11) is 0. The Morgan fingerprint density at radius 2 is 2.14 bits per heavy atom. The largest absolute Gasteiger partial charge is 0.462 e. The number of nitrogens with zero attached hydrogens (tertiary/aromatic N) is 1. The molecule has 0 spiro atoms. The van der Waals surface area contributed by atoms with Gasteiger partial charge in [-0.2, -0.15) is 11.8 Å². The normalized spacial score (nSPS) is 21.5. The van der Waals surface area contributed by atoms with Gasteiger partial charge in [-0.3, -0.25) is 4.79 Å². The summed E-state index contributed by atoms with van der Waals surface area (Å²) in [5.41, 5.74) is 1.98. The van der Waals surface area contributed by atoms with Crippen molar-refractivity contribution in [3.8, 4) is 0 Å². The van der Waals surface area contributed by atoms with Crippen LogP contribution in [-0.2, 0) is 4.74 Å². The number of esters is 1. The molecule has 4 nitrogen and oxygen atoms in total. The first kappa shape index (κ1) is 16.1. The van der Waals surface area contributed by atoms with Crippen LogP contribution >= 0.6 is 11.8 Å². The molecule has 2 rings (SSSR count). The monoisotopic (exact) mass is 309 g/mol. The van der Waals surface area contributed by atoms with E-state index >= 15 is 0 Å². The molecule has 0 saturated heterocycles. The van der Waals surface area contributed by atoms with Crippen LogP contribution in [0, 0.1) is 13.8 Å². The average Bonchev–Trinajstić information content (AvgIpc) is 2.87. The lowest BCUT2D eigenvalue weighted by atomic mass is 10.1. The SMILES string of the molecule is CCOC(=O)c1c(C)cc(=O)n(C2CCC(SC)C2)c1C. The third kappa shape index (κ3) is 3.18. The van der Waals surface area contributed by atoms with Gasteiger partial charge in [-0.1, -0.05) is 0 Å². The van der Waals surface area contributed by atoms with Crippen LogP contribution in [0.5, 0.6) is 0 Å². The Bertz CT molecular complexity index is 594. The molecular formula is C16H23NO3S. The minimum Gasteiger partial charge on any atom is -0.462 e. The molecule has 0 N–H and O–H groups in total. The summed E-state index contributed by atoms with van der Waals surface area (Å²) in [6.45, 7) is 5.78. The second-order valence-corrected chi connectivity index (χ2v) is 6.68. The molecule has 0 bridgehead atoms. The van der Waals surface area contributed by atoms with Crippen molar-refractivity contribution in [3.05, 3.63) is 33.2 Å². The number of carbonyl (C=O) groups is 1. The summed E-state index contributed by atoms with van der Waals surface area (Å²) in [5.74, 6) is -0.333. The number of hydrogen-bond donors (Lipinski definition) is 0. The van der Waals surface area contributed by atoms with Crippen LogP contribution in [0.15, 0.2) is 10.9 Å². The Balaban J connectivity index is 2.45. The van der Waals surface area contributed by atoms with Crippen molar-refractivity contribution >= 4 is 17.7 Å².